The molecule has 3 heteroatoms. The molecule has 1 atom stereocenters. The number of carbonyl (C=O) groups is 3. The minimum atomic E-state index is -1.00. The maximum absolute atomic E-state index is 11.1. The SMILES string of the molecule is CCC1(C)C(=O)CC(=O)C1=O. The molecule has 0 N–H and O–H groups in total. The molecule has 0 aromatic heterocycles. The van der Waals surface area contributed by atoms with Crippen molar-refractivity contribution >= 4 is 17.3 Å². The number of ketones is 3. The third-order valence-corrected chi connectivity index (χ3v) is 2.40. The van der Waals surface area contributed by atoms with Crippen molar-refractivity contribution in [3.05, 3.63) is 0 Å². The Morgan fingerprint density at radius 1 is 1.36 bits per heavy atom. The van der Waals surface area contributed by atoms with Crippen molar-refractivity contribution in [2.75, 3.05) is 0 Å². The Morgan fingerprint density at radius 2 is 1.91 bits per heavy atom. The summed E-state index contributed by atoms with van der Waals surface area (Å²) in [5.74, 6) is -1.26. The minimum absolute atomic E-state index is 0.191. The Balaban J connectivity index is 3.06. The smallest absolute Gasteiger partial charge is 0.212 e. The molecule has 0 aliphatic heterocycles. The van der Waals surface area contributed by atoms with Crippen molar-refractivity contribution in [1.82, 2.24) is 0 Å². The topological polar surface area (TPSA) is 51.2 Å². The van der Waals surface area contributed by atoms with Gasteiger partial charge in [0.25, 0.3) is 0 Å². The molecule has 0 amide bonds. The van der Waals surface area contributed by atoms with Gasteiger partial charge in [-0.1, -0.05) is 6.92 Å². The Kier molecular flexibility index (Phi) is 1.66. The van der Waals surface area contributed by atoms with E-state index in [1.165, 1.54) is 0 Å². The van der Waals surface area contributed by atoms with E-state index in [1.54, 1.807) is 13.8 Å². The number of carbonyl (C=O) groups excluding carboxylic acids is 3. The van der Waals surface area contributed by atoms with Crippen molar-refractivity contribution in [3.63, 3.8) is 0 Å². The van der Waals surface area contributed by atoms with Crippen LogP contribution in [0.15, 0.2) is 0 Å². The van der Waals surface area contributed by atoms with Crippen molar-refractivity contribution in [2.45, 2.75) is 26.7 Å². The first-order chi connectivity index (χ1) is 5.02. The summed E-state index contributed by atoms with van der Waals surface area (Å²) in [4.78, 5) is 33.0. The lowest BCUT2D eigenvalue weighted by Crippen LogP contribution is -2.29. The second-order valence-electron chi connectivity index (χ2n) is 3.04. The monoisotopic (exact) mass is 154 g/mol. The van der Waals surface area contributed by atoms with Crippen LogP contribution in [0.4, 0.5) is 0 Å². The summed E-state index contributed by atoms with van der Waals surface area (Å²) in [7, 11) is 0. The molecule has 1 aliphatic carbocycles. The van der Waals surface area contributed by atoms with E-state index in [1.807, 2.05) is 0 Å². The van der Waals surface area contributed by atoms with Gasteiger partial charge in [-0.25, -0.2) is 0 Å². The van der Waals surface area contributed by atoms with Gasteiger partial charge in [-0.3, -0.25) is 14.4 Å². The quantitative estimate of drug-likeness (QED) is 0.408. The predicted octanol–water partition coefficient (Wildman–Crippen LogP) is 0.514. The van der Waals surface area contributed by atoms with E-state index in [0.717, 1.165) is 0 Å². The zero-order valence-electron chi connectivity index (χ0n) is 6.64. The van der Waals surface area contributed by atoms with Gasteiger partial charge in [0.05, 0.1) is 11.8 Å². The van der Waals surface area contributed by atoms with Gasteiger partial charge in [0, 0.05) is 0 Å². The molecule has 1 aliphatic rings. The lowest BCUT2D eigenvalue weighted by atomic mass is 9.84. The highest BCUT2D eigenvalue weighted by atomic mass is 16.2. The van der Waals surface area contributed by atoms with Crippen LogP contribution in [-0.4, -0.2) is 17.3 Å². The molecule has 1 unspecified atom stereocenters. The van der Waals surface area contributed by atoms with E-state index in [0.29, 0.717) is 6.42 Å². The summed E-state index contributed by atoms with van der Waals surface area (Å²) in [6, 6.07) is 0. The Hall–Kier alpha value is -0.990. The molecular formula is C8H10O3. The maximum atomic E-state index is 11.1. The molecule has 0 saturated heterocycles. The van der Waals surface area contributed by atoms with Crippen molar-refractivity contribution in [3.8, 4) is 0 Å². The van der Waals surface area contributed by atoms with Crippen LogP contribution < -0.4 is 0 Å². The Morgan fingerprint density at radius 3 is 2.09 bits per heavy atom. The highest BCUT2D eigenvalue weighted by Crippen LogP contribution is 2.31. The second kappa shape index (κ2) is 2.26. The highest BCUT2D eigenvalue weighted by molar-refractivity contribution is 6.51. The second-order valence-corrected chi connectivity index (χ2v) is 3.04. The van der Waals surface area contributed by atoms with Gasteiger partial charge < -0.3 is 0 Å². The number of hydrogen-bond donors (Lipinski definition) is 0. The standard InChI is InChI=1S/C8H10O3/c1-3-8(2)6(10)4-5(9)7(8)11/h3-4H2,1-2H3. The zero-order chi connectivity index (χ0) is 8.65. The Bertz CT molecular complexity index is 242. The molecule has 1 fully saturated rings. The van der Waals surface area contributed by atoms with E-state index >= 15 is 0 Å². The lowest BCUT2D eigenvalue weighted by Gasteiger charge is -2.14. The first kappa shape index (κ1) is 8.11. The minimum Gasteiger partial charge on any atom is -0.298 e. The number of Topliss-reactive ketones (excluding diaryl/α,β-unsaturated/α-hetero) is 3. The van der Waals surface area contributed by atoms with E-state index in [-0.39, 0.29) is 12.2 Å². The summed E-state index contributed by atoms with van der Waals surface area (Å²) in [5.41, 5.74) is -1.00. The third kappa shape index (κ3) is 0.914. The van der Waals surface area contributed by atoms with E-state index in [9.17, 15) is 14.4 Å². The van der Waals surface area contributed by atoms with Crippen molar-refractivity contribution < 1.29 is 14.4 Å². The first-order valence-corrected chi connectivity index (χ1v) is 3.63. The summed E-state index contributed by atoms with van der Waals surface area (Å²) >= 11 is 0. The molecule has 0 bridgehead atoms. The normalized spacial score (nSPS) is 31.6. The van der Waals surface area contributed by atoms with Crippen LogP contribution in [-0.2, 0) is 14.4 Å². The molecule has 0 radical (unpaired) electrons. The molecule has 0 heterocycles. The fourth-order valence-corrected chi connectivity index (χ4v) is 1.21. The van der Waals surface area contributed by atoms with E-state index in [4.69, 9.17) is 0 Å². The van der Waals surface area contributed by atoms with Crippen molar-refractivity contribution in [1.29, 1.82) is 0 Å². The molecule has 0 aromatic rings. The van der Waals surface area contributed by atoms with E-state index in [2.05, 4.69) is 0 Å². The van der Waals surface area contributed by atoms with Gasteiger partial charge >= 0.3 is 0 Å². The first-order valence-electron chi connectivity index (χ1n) is 3.63. The van der Waals surface area contributed by atoms with Gasteiger partial charge in [-0.2, -0.15) is 0 Å². The average molecular weight is 154 g/mol. The van der Waals surface area contributed by atoms with Crippen molar-refractivity contribution in [2.24, 2.45) is 5.41 Å². The van der Waals surface area contributed by atoms with Crippen LogP contribution in [0.25, 0.3) is 0 Å². The van der Waals surface area contributed by atoms with Crippen LogP contribution in [0.5, 0.6) is 0 Å². The summed E-state index contributed by atoms with van der Waals surface area (Å²) in [6.45, 7) is 3.29. The fraction of sp³-hybridized carbons (Fsp3) is 0.625. The molecule has 11 heavy (non-hydrogen) atoms. The number of hydrogen-bond acceptors (Lipinski definition) is 3. The van der Waals surface area contributed by atoms with Gasteiger partial charge in [-0.15, -0.1) is 0 Å². The summed E-state index contributed by atoms with van der Waals surface area (Å²) in [5, 5.41) is 0. The van der Waals surface area contributed by atoms with Crippen LogP contribution >= 0.6 is 0 Å². The highest BCUT2D eigenvalue weighted by Gasteiger charge is 2.49. The fourth-order valence-electron chi connectivity index (χ4n) is 1.21. The summed E-state index contributed by atoms with van der Waals surface area (Å²) in [6.07, 6.45) is 0.236. The average Bonchev–Trinajstić information content (AvgIpc) is 2.16. The molecule has 1 rings (SSSR count). The van der Waals surface area contributed by atoms with E-state index < -0.39 is 17.0 Å². The van der Waals surface area contributed by atoms with Crippen LogP contribution in [0.1, 0.15) is 26.7 Å². The van der Waals surface area contributed by atoms with Crippen LogP contribution in [0, 0.1) is 5.41 Å². The molecule has 3 nitrogen and oxygen atoms in total. The van der Waals surface area contributed by atoms with Gasteiger partial charge in [-0.05, 0) is 13.3 Å². The van der Waals surface area contributed by atoms with Crippen LogP contribution in [0.2, 0.25) is 0 Å². The largest absolute Gasteiger partial charge is 0.298 e. The molecule has 1 saturated carbocycles. The molecule has 0 spiro atoms. The molecule has 60 valence electrons. The van der Waals surface area contributed by atoms with Gasteiger partial charge in [0.2, 0.25) is 11.6 Å². The number of rotatable bonds is 1. The predicted molar refractivity (Wildman–Crippen MR) is 38.0 cm³/mol. The Labute approximate surface area is 64.8 Å². The van der Waals surface area contributed by atoms with Gasteiger partial charge in [0.15, 0.2) is 5.78 Å². The zero-order valence-corrected chi connectivity index (χ0v) is 6.64. The summed E-state index contributed by atoms with van der Waals surface area (Å²) < 4.78 is 0. The molecule has 0 aromatic carbocycles. The van der Waals surface area contributed by atoms with Crippen LogP contribution in [0.3, 0.4) is 0 Å². The maximum Gasteiger partial charge on any atom is 0.212 e. The molecular weight excluding hydrogens is 144 g/mol. The lowest BCUT2D eigenvalue weighted by molar-refractivity contribution is -0.139. The third-order valence-electron chi connectivity index (χ3n) is 2.40. The van der Waals surface area contributed by atoms with Gasteiger partial charge in [0.1, 0.15) is 0 Å².